The van der Waals surface area contributed by atoms with Crippen molar-refractivity contribution >= 4 is 34.8 Å². The third-order valence-electron chi connectivity index (χ3n) is 3.37. The number of nitrogens with zero attached hydrogens (tertiary/aromatic N) is 1. The first-order valence-electron chi connectivity index (χ1n) is 8.10. The van der Waals surface area contributed by atoms with Gasteiger partial charge in [0.2, 0.25) is 5.91 Å². The lowest BCUT2D eigenvalue weighted by Crippen LogP contribution is -2.33. The van der Waals surface area contributed by atoms with Gasteiger partial charge in [0.1, 0.15) is 5.82 Å². The summed E-state index contributed by atoms with van der Waals surface area (Å²) in [4.78, 5) is 35.5. The van der Waals surface area contributed by atoms with Crippen LogP contribution in [-0.4, -0.2) is 23.4 Å². The monoisotopic (exact) mass is 370 g/mol. The minimum Gasteiger partial charge on any atom is -0.326 e. The fourth-order valence-corrected chi connectivity index (χ4v) is 2.12. The third kappa shape index (κ3) is 6.69. The van der Waals surface area contributed by atoms with Crippen LogP contribution >= 0.6 is 0 Å². The molecule has 0 atom stereocenters. The van der Waals surface area contributed by atoms with E-state index in [0.717, 1.165) is 5.56 Å². The highest BCUT2D eigenvalue weighted by Crippen LogP contribution is 2.09. The lowest BCUT2D eigenvalue weighted by atomic mass is 10.2. The molecule has 0 heterocycles. The van der Waals surface area contributed by atoms with Crippen LogP contribution in [0.1, 0.15) is 18.9 Å². The number of anilines is 2. The zero-order valence-corrected chi connectivity index (χ0v) is 14.9. The van der Waals surface area contributed by atoms with Gasteiger partial charge in [-0.25, -0.2) is 9.82 Å². The number of carbonyl (C=O) groups excluding carboxylic acids is 3. The molecule has 0 saturated carbocycles. The van der Waals surface area contributed by atoms with Gasteiger partial charge in [0.25, 0.3) is 0 Å². The number of carbonyl (C=O) groups is 3. The van der Waals surface area contributed by atoms with Crippen LogP contribution in [0.25, 0.3) is 0 Å². The molecule has 2 aromatic rings. The van der Waals surface area contributed by atoms with Crippen molar-refractivity contribution in [1.29, 1.82) is 0 Å². The van der Waals surface area contributed by atoms with Crippen molar-refractivity contribution in [3.8, 4) is 0 Å². The van der Waals surface area contributed by atoms with Gasteiger partial charge in [0, 0.05) is 17.1 Å². The molecule has 0 aromatic heterocycles. The van der Waals surface area contributed by atoms with Crippen molar-refractivity contribution in [2.75, 3.05) is 10.6 Å². The zero-order valence-electron chi connectivity index (χ0n) is 14.9. The number of halogens is 1. The van der Waals surface area contributed by atoms with Crippen molar-refractivity contribution < 1.29 is 18.8 Å². The Balaban J connectivity index is 1.82. The molecule has 0 unspecified atom stereocenters. The number of hydrogen-bond acceptors (Lipinski definition) is 4. The Morgan fingerprint density at radius 2 is 1.67 bits per heavy atom. The molecule has 0 saturated heterocycles. The lowest BCUT2D eigenvalue weighted by Gasteiger charge is -2.06. The van der Waals surface area contributed by atoms with Crippen molar-refractivity contribution in [2.45, 2.75) is 20.3 Å². The van der Waals surface area contributed by atoms with Gasteiger partial charge in [-0.05, 0) is 55.8 Å². The molecule has 2 rings (SSSR count). The molecular weight excluding hydrogens is 351 g/mol. The zero-order chi connectivity index (χ0) is 19.8. The van der Waals surface area contributed by atoms with E-state index in [0.29, 0.717) is 17.1 Å². The summed E-state index contributed by atoms with van der Waals surface area (Å²) in [5, 5.41) is 8.76. The Bertz CT molecular complexity index is 879. The second kappa shape index (κ2) is 9.23. The molecule has 2 aromatic carbocycles. The Kier molecular flexibility index (Phi) is 6.76. The lowest BCUT2D eigenvalue weighted by molar-refractivity contribution is -0.136. The summed E-state index contributed by atoms with van der Waals surface area (Å²) in [6, 6.07) is 12.3. The van der Waals surface area contributed by atoms with Crippen LogP contribution < -0.4 is 16.1 Å². The molecule has 7 nitrogen and oxygen atoms in total. The van der Waals surface area contributed by atoms with Crippen LogP contribution in [0.15, 0.2) is 53.6 Å². The molecule has 0 spiro atoms. The summed E-state index contributed by atoms with van der Waals surface area (Å²) in [6.45, 7) is 3.39. The Labute approximate surface area is 155 Å². The second-order valence-corrected chi connectivity index (χ2v) is 5.84. The first-order valence-corrected chi connectivity index (χ1v) is 8.10. The van der Waals surface area contributed by atoms with Gasteiger partial charge in [-0.2, -0.15) is 5.10 Å². The number of amides is 3. The fourth-order valence-electron chi connectivity index (χ4n) is 2.12. The van der Waals surface area contributed by atoms with Crippen LogP contribution in [0.5, 0.6) is 0 Å². The maximum absolute atomic E-state index is 12.8. The summed E-state index contributed by atoms with van der Waals surface area (Å²) in [6.07, 6.45) is -0.100. The minimum absolute atomic E-state index is 0.100. The summed E-state index contributed by atoms with van der Waals surface area (Å²) in [5.74, 6) is -2.61. The number of nitrogens with one attached hydrogen (secondary N) is 3. The van der Waals surface area contributed by atoms with Crippen LogP contribution in [0.3, 0.4) is 0 Å². The van der Waals surface area contributed by atoms with Crippen LogP contribution in [0.2, 0.25) is 0 Å². The molecular formula is C19H19FN4O3. The number of hydrogen-bond donors (Lipinski definition) is 3. The normalized spacial score (nSPS) is 10.9. The summed E-state index contributed by atoms with van der Waals surface area (Å²) in [7, 11) is 0. The number of aryl methyl sites for hydroxylation is 1. The van der Waals surface area contributed by atoms with Gasteiger partial charge < -0.3 is 10.6 Å². The van der Waals surface area contributed by atoms with Crippen molar-refractivity contribution in [3.63, 3.8) is 0 Å². The molecule has 140 valence electrons. The summed E-state index contributed by atoms with van der Waals surface area (Å²) >= 11 is 0. The SMILES string of the molecule is CC(CC(=O)Nc1ccc(F)cc1)=NNC(=O)C(=O)Nc1cccc(C)c1. The predicted molar refractivity (Wildman–Crippen MR) is 101 cm³/mol. The Morgan fingerprint density at radius 1 is 0.963 bits per heavy atom. The first-order chi connectivity index (χ1) is 12.8. The highest BCUT2D eigenvalue weighted by Gasteiger charge is 2.13. The van der Waals surface area contributed by atoms with Crippen LogP contribution in [-0.2, 0) is 14.4 Å². The summed E-state index contributed by atoms with van der Waals surface area (Å²) < 4.78 is 12.8. The van der Waals surface area contributed by atoms with E-state index in [-0.39, 0.29) is 12.3 Å². The van der Waals surface area contributed by atoms with Crippen LogP contribution in [0, 0.1) is 12.7 Å². The highest BCUT2D eigenvalue weighted by atomic mass is 19.1. The van der Waals surface area contributed by atoms with E-state index in [1.165, 1.54) is 31.2 Å². The quantitative estimate of drug-likeness (QED) is 0.428. The van der Waals surface area contributed by atoms with Gasteiger partial charge in [0.15, 0.2) is 0 Å². The molecule has 3 amide bonds. The van der Waals surface area contributed by atoms with E-state index in [1.54, 1.807) is 18.2 Å². The van der Waals surface area contributed by atoms with Crippen molar-refractivity contribution in [3.05, 3.63) is 59.9 Å². The van der Waals surface area contributed by atoms with E-state index in [4.69, 9.17) is 0 Å². The third-order valence-corrected chi connectivity index (χ3v) is 3.37. The molecule has 0 aliphatic heterocycles. The number of rotatable bonds is 5. The summed E-state index contributed by atoms with van der Waals surface area (Å²) in [5.41, 5.74) is 4.27. The van der Waals surface area contributed by atoms with E-state index in [2.05, 4.69) is 21.2 Å². The second-order valence-electron chi connectivity index (χ2n) is 5.84. The maximum atomic E-state index is 12.8. The molecule has 0 aliphatic rings. The largest absolute Gasteiger partial charge is 0.329 e. The molecule has 8 heteroatoms. The highest BCUT2D eigenvalue weighted by molar-refractivity contribution is 6.39. The Morgan fingerprint density at radius 3 is 2.33 bits per heavy atom. The van der Waals surface area contributed by atoms with Gasteiger partial charge >= 0.3 is 11.8 Å². The van der Waals surface area contributed by atoms with Gasteiger partial charge in [-0.3, -0.25) is 14.4 Å². The van der Waals surface area contributed by atoms with Crippen molar-refractivity contribution in [2.24, 2.45) is 5.10 Å². The first kappa shape index (κ1) is 19.8. The Hall–Kier alpha value is -3.55. The molecule has 0 bridgehead atoms. The smallest absolute Gasteiger partial charge is 0.326 e. The van der Waals surface area contributed by atoms with Crippen LogP contribution in [0.4, 0.5) is 15.8 Å². The molecule has 3 N–H and O–H groups in total. The van der Waals surface area contributed by atoms with Gasteiger partial charge in [-0.15, -0.1) is 0 Å². The minimum atomic E-state index is -0.949. The van der Waals surface area contributed by atoms with Gasteiger partial charge in [-0.1, -0.05) is 12.1 Å². The topological polar surface area (TPSA) is 99.7 Å². The maximum Gasteiger partial charge on any atom is 0.329 e. The van der Waals surface area contributed by atoms with E-state index in [1.807, 2.05) is 13.0 Å². The van der Waals surface area contributed by atoms with Gasteiger partial charge in [0.05, 0.1) is 6.42 Å². The molecule has 0 radical (unpaired) electrons. The predicted octanol–water partition coefficient (Wildman–Crippen LogP) is 2.59. The average Bonchev–Trinajstić information content (AvgIpc) is 2.61. The van der Waals surface area contributed by atoms with E-state index in [9.17, 15) is 18.8 Å². The van der Waals surface area contributed by atoms with E-state index < -0.39 is 17.6 Å². The molecule has 27 heavy (non-hydrogen) atoms. The fraction of sp³-hybridized carbons (Fsp3) is 0.158. The molecule has 0 fully saturated rings. The number of benzene rings is 2. The standard InChI is InChI=1S/C19H19FN4O3/c1-12-4-3-5-16(10-12)22-18(26)19(27)24-23-13(2)11-17(25)21-15-8-6-14(20)7-9-15/h3-10H,11H2,1-2H3,(H,21,25)(H,22,26)(H,24,27). The number of hydrazone groups is 1. The average molecular weight is 370 g/mol. The molecule has 0 aliphatic carbocycles. The van der Waals surface area contributed by atoms with Crippen molar-refractivity contribution in [1.82, 2.24) is 5.43 Å². The van der Waals surface area contributed by atoms with E-state index >= 15 is 0 Å².